The number of nitrogens with zero attached hydrogens (tertiary/aromatic N) is 1. The zero-order chi connectivity index (χ0) is 13.5. The van der Waals surface area contributed by atoms with Gasteiger partial charge in [0.25, 0.3) is 0 Å². The van der Waals surface area contributed by atoms with Crippen LogP contribution >= 0.6 is 0 Å². The molecule has 18 heavy (non-hydrogen) atoms. The number of nitrogens with two attached hydrogens (primary N) is 1. The Balaban J connectivity index is 2.76. The second-order valence-electron chi connectivity index (χ2n) is 5.92. The molecule has 1 heterocycles. The molecular weight excluding hydrogens is 220 g/mol. The quantitative estimate of drug-likeness (QED) is 0.821. The number of aryl methyl sites for hydroxylation is 1. The lowest BCUT2D eigenvalue weighted by Gasteiger charge is -2.20. The molecule has 2 heteroatoms. The lowest BCUT2D eigenvalue weighted by atomic mass is 9.86. The van der Waals surface area contributed by atoms with Gasteiger partial charge in [-0.3, -0.25) is 4.98 Å². The maximum absolute atomic E-state index is 6.30. The van der Waals surface area contributed by atoms with E-state index < -0.39 is 0 Å². The number of fused-ring (bicyclic) bond motifs is 1. The largest absolute Gasteiger partial charge is 0.398 e. The Morgan fingerprint density at radius 2 is 1.89 bits per heavy atom. The van der Waals surface area contributed by atoms with Gasteiger partial charge in [0.2, 0.25) is 0 Å². The molecule has 0 fully saturated rings. The van der Waals surface area contributed by atoms with Gasteiger partial charge in [0.05, 0.1) is 5.52 Å². The SMILES string of the molecule is CCc1c(C)nc2ccc(C(C)(C)C)cc2c1N. The van der Waals surface area contributed by atoms with Gasteiger partial charge in [-0.25, -0.2) is 0 Å². The normalized spacial score (nSPS) is 12.1. The minimum absolute atomic E-state index is 0.137. The van der Waals surface area contributed by atoms with E-state index >= 15 is 0 Å². The van der Waals surface area contributed by atoms with Crippen molar-refractivity contribution in [2.24, 2.45) is 0 Å². The van der Waals surface area contributed by atoms with Crippen molar-refractivity contribution in [2.45, 2.75) is 46.5 Å². The van der Waals surface area contributed by atoms with Crippen LogP contribution in [0, 0.1) is 6.92 Å². The first-order valence-corrected chi connectivity index (χ1v) is 6.53. The highest BCUT2D eigenvalue weighted by atomic mass is 14.7. The van der Waals surface area contributed by atoms with Crippen LogP contribution < -0.4 is 5.73 Å². The van der Waals surface area contributed by atoms with E-state index in [0.717, 1.165) is 28.7 Å². The van der Waals surface area contributed by atoms with Gasteiger partial charge in [0.1, 0.15) is 0 Å². The fraction of sp³-hybridized carbons (Fsp3) is 0.438. The highest BCUT2D eigenvalue weighted by Gasteiger charge is 2.16. The Morgan fingerprint density at radius 3 is 2.44 bits per heavy atom. The molecule has 0 spiro atoms. The molecule has 0 aliphatic carbocycles. The Morgan fingerprint density at radius 1 is 1.22 bits per heavy atom. The van der Waals surface area contributed by atoms with Gasteiger partial charge in [0, 0.05) is 16.8 Å². The molecule has 96 valence electrons. The molecule has 0 amide bonds. The van der Waals surface area contributed by atoms with Crippen molar-refractivity contribution in [3.63, 3.8) is 0 Å². The second kappa shape index (κ2) is 4.27. The van der Waals surface area contributed by atoms with Crippen LogP contribution in [-0.4, -0.2) is 4.98 Å². The second-order valence-corrected chi connectivity index (χ2v) is 5.92. The number of rotatable bonds is 1. The maximum atomic E-state index is 6.30. The van der Waals surface area contributed by atoms with Crippen LogP contribution in [0.2, 0.25) is 0 Å². The minimum atomic E-state index is 0.137. The standard InChI is InChI=1S/C16H22N2/c1-6-12-10(2)18-14-8-7-11(16(3,4)5)9-13(14)15(12)17/h7-9H,6H2,1-5H3,(H2,17,18). The van der Waals surface area contributed by atoms with Crippen LogP contribution in [0.15, 0.2) is 18.2 Å². The number of nitrogen functional groups attached to an aromatic ring is 1. The molecule has 1 aromatic carbocycles. The number of benzene rings is 1. The van der Waals surface area contributed by atoms with Gasteiger partial charge in [-0.1, -0.05) is 33.8 Å². The van der Waals surface area contributed by atoms with Crippen LogP contribution in [-0.2, 0) is 11.8 Å². The third-order valence-corrected chi connectivity index (χ3v) is 3.56. The summed E-state index contributed by atoms with van der Waals surface area (Å²) in [5.74, 6) is 0. The third kappa shape index (κ3) is 2.07. The number of aromatic nitrogens is 1. The van der Waals surface area contributed by atoms with E-state index in [4.69, 9.17) is 5.73 Å². The van der Waals surface area contributed by atoms with Crippen molar-refractivity contribution in [3.05, 3.63) is 35.0 Å². The Labute approximate surface area is 109 Å². The summed E-state index contributed by atoms with van der Waals surface area (Å²) in [6.07, 6.45) is 0.931. The van der Waals surface area contributed by atoms with Crippen molar-refractivity contribution >= 4 is 16.6 Å². The van der Waals surface area contributed by atoms with Gasteiger partial charge >= 0.3 is 0 Å². The molecule has 0 aliphatic rings. The first-order valence-electron chi connectivity index (χ1n) is 6.53. The van der Waals surface area contributed by atoms with E-state index in [-0.39, 0.29) is 5.41 Å². The molecule has 0 aliphatic heterocycles. The fourth-order valence-corrected chi connectivity index (χ4v) is 2.37. The molecule has 0 atom stereocenters. The maximum Gasteiger partial charge on any atom is 0.0726 e. The zero-order valence-electron chi connectivity index (χ0n) is 12.0. The van der Waals surface area contributed by atoms with Crippen molar-refractivity contribution < 1.29 is 0 Å². The van der Waals surface area contributed by atoms with Crippen LogP contribution in [0.3, 0.4) is 0 Å². The molecule has 0 unspecified atom stereocenters. The summed E-state index contributed by atoms with van der Waals surface area (Å²) in [6, 6.07) is 6.43. The molecule has 1 aromatic heterocycles. The van der Waals surface area contributed by atoms with Gasteiger partial charge in [-0.05, 0) is 42.0 Å². The summed E-state index contributed by atoms with van der Waals surface area (Å²) in [5, 5.41) is 1.09. The van der Waals surface area contributed by atoms with Gasteiger partial charge in [-0.2, -0.15) is 0 Å². The predicted octanol–water partition coefficient (Wildman–Crippen LogP) is 3.99. The van der Waals surface area contributed by atoms with Crippen molar-refractivity contribution in [1.29, 1.82) is 0 Å². The number of hydrogen-bond acceptors (Lipinski definition) is 2. The van der Waals surface area contributed by atoms with Gasteiger partial charge < -0.3 is 5.73 Å². The van der Waals surface area contributed by atoms with E-state index in [1.807, 2.05) is 6.92 Å². The van der Waals surface area contributed by atoms with E-state index in [9.17, 15) is 0 Å². The van der Waals surface area contributed by atoms with Crippen molar-refractivity contribution in [3.8, 4) is 0 Å². The molecule has 0 saturated heterocycles. The summed E-state index contributed by atoms with van der Waals surface area (Å²) in [5.41, 5.74) is 11.9. The van der Waals surface area contributed by atoms with Crippen LogP contribution in [0.4, 0.5) is 5.69 Å². The fourth-order valence-electron chi connectivity index (χ4n) is 2.37. The Kier molecular flexibility index (Phi) is 3.05. The van der Waals surface area contributed by atoms with E-state index in [1.165, 1.54) is 11.1 Å². The molecule has 0 radical (unpaired) electrons. The molecule has 2 aromatic rings. The third-order valence-electron chi connectivity index (χ3n) is 3.56. The Bertz CT molecular complexity index is 592. The number of hydrogen-bond donors (Lipinski definition) is 1. The summed E-state index contributed by atoms with van der Waals surface area (Å²) in [6.45, 7) is 10.8. The lowest BCUT2D eigenvalue weighted by Crippen LogP contribution is -2.11. The average molecular weight is 242 g/mol. The summed E-state index contributed by atoms with van der Waals surface area (Å²) >= 11 is 0. The summed E-state index contributed by atoms with van der Waals surface area (Å²) in [7, 11) is 0. The summed E-state index contributed by atoms with van der Waals surface area (Å²) in [4.78, 5) is 4.65. The first-order chi connectivity index (χ1) is 8.34. The average Bonchev–Trinajstić information content (AvgIpc) is 2.27. The van der Waals surface area contributed by atoms with Gasteiger partial charge in [0.15, 0.2) is 0 Å². The topological polar surface area (TPSA) is 38.9 Å². The summed E-state index contributed by atoms with van der Waals surface area (Å²) < 4.78 is 0. The molecule has 2 N–H and O–H groups in total. The van der Waals surface area contributed by atoms with E-state index in [2.05, 4.69) is 50.9 Å². The zero-order valence-corrected chi connectivity index (χ0v) is 12.0. The number of anilines is 1. The highest BCUT2D eigenvalue weighted by molar-refractivity contribution is 5.92. The Hall–Kier alpha value is -1.57. The smallest absolute Gasteiger partial charge is 0.0726 e. The van der Waals surface area contributed by atoms with Crippen LogP contribution in [0.25, 0.3) is 10.9 Å². The van der Waals surface area contributed by atoms with E-state index in [0.29, 0.717) is 0 Å². The molecule has 0 saturated carbocycles. The van der Waals surface area contributed by atoms with Crippen LogP contribution in [0.1, 0.15) is 44.5 Å². The molecular formula is C16H22N2. The van der Waals surface area contributed by atoms with Crippen LogP contribution in [0.5, 0.6) is 0 Å². The van der Waals surface area contributed by atoms with Crippen molar-refractivity contribution in [2.75, 3.05) is 5.73 Å². The monoisotopic (exact) mass is 242 g/mol. The molecule has 2 rings (SSSR count). The van der Waals surface area contributed by atoms with E-state index in [1.54, 1.807) is 0 Å². The lowest BCUT2D eigenvalue weighted by molar-refractivity contribution is 0.591. The molecule has 0 bridgehead atoms. The first kappa shape index (κ1) is 12.9. The predicted molar refractivity (Wildman–Crippen MR) is 79.0 cm³/mol. The number of pyridine rings is 1. The molecule has 2 nitrogen and oxygen atoms in total. The van der Waals surface area contributed by atoms with Crippen molar-refractivity contribution in [1.82, 2.24) is 4.98 Å². The minimum Gasteiger partial charge on any atom is -0.398 e. The highest BCUT2D eigenvalue weighted by Crippen LogP contribution is 2.30. The van der Waals surface area contributed by atoms with Gasteiger partial charge in [-0.15, -0.1) is 0 Å².